The van der Waals surface area contributed by atoms with Gasteiger partial charge >= 0.3 is 0 Å². The van der Waals surface area contributed by atoms with Crippen molar-refractivity contribution in [3.8, 4) is 0 Å². The molecule has 5 nitrogen and oxygen atoms in total. The third-order valence-electron chi connectivity index (χ3n) is 4.88. The number of hydrogen-bond acceptors (Lipinski definition) is 3. The minimum atomic E-state index is -3.56. The molecule has 0 aliphatic rings. The normalized spacial score (nSPS) is 11.4. The highest BCUT2D eigenvalue weighted by Crippen LogP contribution is 2.18. The molecule has 1 N–H and O–H groups in total. The Morgan fingerprint density at radius 2 is 1.47 bits per heavy atom. The molecule has 0 atom stereocenters. The molecule has 0 heterocycles. The van der Waals surface area contributed by atoms with Crippen LogP contribution in [0.3, 0.4) is 0 Å². The van der Waals surface area contributed by atoms with E-state index in [2.05, 4.69) is 5.32 Å². The largest absolute Gasteiger partial charge is 0.348 e. The maximum atomic E-state index is 12.8. The number of amides is 1. The smallest absolute Gasteiger partial charge is 0.251 e. The van der Waals surface area contributed by atoms with Gasteiger partial charge in [0.1, 0.15) is 0 Å². The third kappa shape index (κ3) is 5.34. The molecule has 3 aromatic rings. The van der Waals surface area contributed by atoms with Crippen molar-refractivity contribution in [1.82, 2.24) is 9.62 Å². The molecule has 6 heteroatoms. The summed E-state index contributed by atoms with van der Waals surface area (Å²) in [6.07, 6.45) is 0. The van der Waals surface area contributed by atoms with Crippen molar-refractivity contribution in [3.63, 3.8) is 0 Å². The first kappa shape index (κ1) is 21.7. The van der Waals surface area contributed by atoms with Gasteiger partial charge in [-0.3, -0.25) is 4.79 Å². The van der Waals surface area contributed by atoms with Gasteiger partial charge in [-0.25, -0.2) is 8.42 Å². The zero-order valence-electron chi connectivity index (χ0n) is 17.2. The molecule has 0 saturated heterocycles. The fraction of sp³-hybridized carbons (Fsp3) is 0.208. The van der Waals surface area contributed by atoms with Crippen LogP contribution in [0.5, 0.6) is 0 Å². The van der Waals surface area contributed by atoms with Crippen LogP contribution in [-0.4, -0.2) is 25.2 Å². The number of sulfonamides is 1. The van der Waals surface area contributed by atoms with Gasteiger partial charge in [0.15, 0.2) is 0 Å². The van der Waals surface area contributed by atoms with Crippen LogP contribution >= 0.6 is 0 Å². The first-order valence-electron chi connectivity index (χ1n) is 9.88. The summed E-state index contributed by atoms with van der Waals surface area (Å²) in [6, 6.07) is 23.5. The van der Waals surface area contributed by atoms with Gasteiger partial charge in [-0.1, -0.05) is 67.1 Å². The number of nitrogens with one attached hydrogen (secondary N) is 1. The average Bonchev–Trinajstić information content (AvgIpc) is 2.77. The van der Waals surface area contributed by atoms with Crippen molar-refractivity contribution >= 4 is 15.9 Å². The molecular weight excluding hydrogens is 396 g/mol. The maximum absolute atomic E-state index is 12.8. The fourth-order valence-electron chi connectivity index (χ4n) is 3.06. The molecule has 1 amide bonds. The second-order valence-electron chi connectivity index (χ2n) is 7.11. The highest BCUT2D eigenvalue weighted by molar-refractivity contribution is 7.89. The topological polar surface area (TPSA) is 66.5 Å². The van der Waals surface area contributed by atoms with Crippen molar-refractivity contribution in [2.75, 3.05) is 6.54 Å². The minimum Gasteiger partial charge on any atom is -0.348 e. The van der Waals surface area contributed by atoms with Crippen molar-refractivity contribution in [2.45, 2.75) is 31.8 Å². The van der Waals surface area contributed by atoms with E-state index < -0.39 is 10.0 Å². The number of hydrogen-bond donors (Lipinski definition) is 1. The molecule has 0 aromatic heterocycles. The lowest BCUT2D eigenvalue weighted by Crippen LogP contribution is -2.30. The third-order valence-corrected chi connectivity index (χ3v) is 6.82. The number of rotatable bonds is 8. The monoisotopic (exact) mass is 422 g/mol. The Morgan fingerprint density at radius 3 is 2.07 bits per heavy atom. The van der Waals surface area contributed by atoms with Gasteiger partial charge in [0.05, 0.1) is 4.90 Å². The SMILES string of the molecule is CCN(Cc1ccc(C(=O)NCc2ccc(C)cc2)cc1)S(=O)(=O)c1ccccc1. The Morgan fingerprint density at radius 1 is 0.867 bits per heavy atom. The summed E-state index contributed by atoms with van der Waals surface area (Å²) in [7, 11) is -3.56. The quantitative estimate of drug-likeness (QED) is 0.593. The summed E-state index contributed by atoms with van der Waals surface area (Å²) in [5.74, 6) is -0.161. The van der Waals surface area contributed by atoms with E-state index in [0.29, 0.717) is 18.7 Å². The molecule has 30 heavy (non-hydrogen) atoms. The van der Waals surface area contributed by atoms with Gasteiger partial charge in [0, 0.05) is 25.2 Å². The molecule has 0 spiro atoms. The second-order valence-corrected chi connectivity index (χ2v) is 9.05. The van der Waals surface area contributed by atoms with E-state index >= 15 is 0 Å². The molecule has 0 aliphatic heterocycles. The summed E-state index contributed by atoms with van der Waals surface area (Å²) in [5.41, 5.74) is 3.58. The predicted molar refractivity (Wildman–Crippen MR) is 119 cm³/mol. The van der Waals surface area contributed by atoms with E-state index in [4.69, 9.17) is 0 Å². The number of carbonyl (C=O) groups excluding carboxylic acids is 1. The van der Waals surface area contributed by atoms with Crippen molar-refractivity contribution in [3.05, 3.63) is 101 Å². The van der Waals surface area contributed by atoms with Gasteiger partial charge in [0.25, 0.3) is 5.91 Å². The summed E-state index contributed by atoms with van der Waals surface area (Å²) in [6.45, 7) is 4.90. The zero-order chi connectivity index (χ0) is 21.6. The Balaban J connectivity index is 1.64. The summed E-state index contributed by atoms with van der Waals surface area (Å²) < 4.78 is 27.1. The van der Waals surface area contributed by atoms with E-state index in [9.17, 15) is 13.2 Å². The maximum Gasteiger partial charge on any atom is 0.251 e. The van der Waals surface area contributed by atoms with Crippen molar-refractivity contribution in [2.24, 2.45) is 0 Å². The molecule has 0 bridgehead atoms. The Kier molecular flexibility index (Phi) is 7.03. The molecule has 3 rings (SSSR count). The van der Waals surface area contributed by atoms with Crippen LogP contribution in [0.1, 0.15) is 34.0 Å². The van der Waals surface area contributed by atoms with Gasteiger partial charge in [-0.15, -0.1) is 0 Å². The van der Waals surface area contributed by atoms with Gasteiger partial charge in [-0.05, 0) is 42.3 Å². The summed E-state index contributed by atoms with van der Waals surface area (Å²) >= 11 is 0. The Bertz CT molecular complexity index is 1080. The van der Waals surface area contributed by atoms with Gasteiger partial charge < -0.3 is 5.32 Å². The van der Waals surface area contributed by atoms with E-state index in [-0.39, 0.29) is 17.3 Å². The van der Waals surface area contributed by atoms with Crippen LogP contribution in [0.4, 0.5) is 0 Å². The molecule has 0 aliphatic carbocycles. The Labute approximate surface area is 178 Å². The average molecular weight is 423 g/mol. The lowest BCUT2D eigenvalue weighted by molar-refractivity contribution is 0.0951. The van der Waals surface area contributed by atoms with Crippen LogP contribution < -0.4 is 5.32 Å². The zero-order valence-corrected chi connectivity index (χ0v) is 18.0. The number of nitrogens with zero attached hydrogens (tertiary/aromatic N) is 1. The van der Waals surface area contributed by atoms with Crippen molar-refractivity contribution < 1.29 is 13.2 Å². The molecule has 0 radical (unpaired) electrons. The van der Waals surface area contributed by atoms with E-state index in [1.807, 2.05) is 38.1 Å². The molecule has 0 unspecified atom stereocenters. The fourth-order valence-corrected chi connectivity index (χ4v) is 4.52. The molecular formula is C24H26N2O3S. The standard InChI is InChI=1S/C24H26N2O3S/c1-3-26(30(28,29)23-7-5-4-6-8-23)18-21-13-15-22(16-14-21)24(27)25-17-20-11-9-19(2)10-12-20/h4-16H,3,17-18H2,1-2H3,(H,25,27). The summed E-state index contributed by atoms with van der Waals surface area (Å²) in [4.78, 5) is 12.7. The van der Waals surface area contributed by atoms with Crippen LogP contribution in [0, 0.1) is 6.92 Å². The molecule has 0 saturated carbocycles. The van der Waals surface area contributed by atoms with Gasteiger partial charge in [-0.2, -0.15) is 4.31 Å². The van der Waals surface area contributed by atoms with Crippen molar-refractivity contribution in [1.29, 1.82) is 0 Å². The first-order valence-corrected chi connectivity index (χ1v) is 11.3. The lowest BCUT2D eigenvalue weighted by atomic mass is 10.1. The van der Waals surface area contributed by atoms with E-state index in [1.54, 1.807) is 54.6 Å². The number of carbonyl (C=O) groups is 1. The highest BCUT2D eigenvalue weighted by Gasteiger charge is 2.22. The Hall–Kier alpha value is -2.96. The molecule has 0 fully saturated rings. The number of aryl methyl sites for hydroxylation is 1. The second kappa shape index (κ2) is 9.69. The van der Waals surface area contributed by atoms with E-state index in [0.717, 1.165) is 11.1 Å². The number of benzene rings is 3. The molecule has 156 valence electrons. The highest BCUT2D eigenvalue weighted by atomic mass is 32.2. The minimum absolute atomic E-state index is 0.161. The first-order chi connectivity index (χ1) is 14.4. The van der Waals surface area contributed by atoms with Crippen LogP contribution in [-0.2, 0) is 23.1 Å². The lowest BCUT2D eigenvalue weighted by Gasteiger charge is -2.20. The van der Waals surface area contributed by atoms with Crippen LogP contribution in [0.15, 0.2) is 83.8 Å². The van der Waals surface area contributed by atoms with Crippen LogP contribution in [0.25, 0.3) is 0 Å². The predicted octanol–water partition coefficient (Wildman–Crippen LogP) is 4.14. The summed E-state index contributed by atoms with van der Waals surface area (Å²) in [5, 5.41) is 2.91. The van der Waals surface area contributed by atoms with Gasteiger partial charge in [0.2, 0.25) is 10.0 Å². The van der Waals surface area contributed by atoms with Crippen LogP contribution in [0.2, 0.25) is 0 Å². The van der Waals surface area contributed by atoms with E-state index in [1.165, 1.54) is 9.87 Å². The molecule has 3 aromatic carbocycles.